The van der Waals surface area contributed by atoms with Crippen molar-refractivity contribution in [2.75, 3.05) is 6.61 Å². The molecule has 0 saturated carbocycles. The number of benzene rings is 1. The fourth-order valence-corrected chi connectivity index (χ4v) is 1.80. The monoisotopic (exact) mass is 297 g/mol. The van der Waals surface area contributed by atoms with E-state index in [1.807, 2.05) is 20.8 Å². The molecule has 1 N–H and O–H groups in total. The molecule has 4 nitrogen and oxygen atoms in total. The van der Waals surface area contributed by atoms with Crippen molar-refractivity contribution in [3.05, 3.63) is 29.6 Å². The minimum Gasteiger partial charge on any atom is -0.478 e. The molecule has 0 saturated heterocycles. The topological polar surface area (TPSA) is 47.6 Å². The summed E-state index contributed by atoms with van der Waals surface area (Å²) in [5, 5.41) is 3.21. The van der Waals surface area contributed by atoms with E-state index >= 15 is 0 Å². The summed E-state index contributed by atoms with van der Waals surface area (Å²) in [7, 11) is 0. The number of halogens is 1. The highest BCUT2D eigenvalue weighted by molar-refractivity contribution is 5.75. The quantitative estimate of drug-likeness (QED) is 0.749. The average molecular weight is 297 g/mol. The third-order valence-electron chi connectivity index (χ3n) is 2.91. The van der Waals surface area contributed by atoms with Gasteiger partial charge in [0.05, 0.1) is 6.61 Å². The number of ether oxygens (including phenoxy) is 2. The summed E-state index contributed by atoms with van der Waals surface area (Å²) < 4.78 is 24.1. The second kappa shape index (κ2) is 8.62. The highest BCUT2D eigenvalue weighted by Gasteiger charge is 2.21. The van der Waals surface area contributed by atoms with Gasteiger partial charge in [0.1, 0.15) is 11.6 Å². The summed E-state index contributed by atoms with van der Waals surface area (Å²) >= 11 is 0. The molecule has 118 valence electrons. The lowest BCUT2D eigenvalue weighted by Gasteiger charge is -2.19. The van der Waals surface area contributed by atoms with E-state index < -0.39 is 12.1 Å². The summed E-state index contributed by atoms with van der Waals surface area (Å²) in [5.41, 5.74) is 0.687. The summed E-state index contributed by atoms with van der Waals surface area (Å²) in [6, 6.07) is 4.57. The van der Waals surface area contributed by atoms with Crippen molar-refractivity contribution in [1.29, 1.82) is 0 Å². The maximum Gasteiger partial charge on any atom is 0.347 e. The molecule has 0 fully saturated rings. The van der Waals surface area contributed by atoms with E-state index in [-0.39, 0.29) is 11.9 Å². The fourth-order valence-electron chi connectivity index (χ4n) is 1.80. The second-order valence-corrected chi connectivity index (χ2v) is 5.05. The smallest absolute Gasteiger partial charge is 0.347 e. The molecule has 0 radical (unpaired) electrons. The van der Waals surface area contributed by atoms with Crippen molar-refractivity contribution in [2.24, 2.45) is 0 Å². The molecule has 21 heavy (non-hydrogen) atoms. The molecule has 0 aliphatic rings. The van der Waals surface area contributed by atoms with Crippen LogP contribution in [0.5, 0.6) is 5.75 Å². The molecule has 1 atom stereocenters. The first-order chi connectivity index (χ1) is 9.97. The van der Waals surface area contributed by atoms with Gasteiger partial charge in [-0.15, -0.1) is 0 Å². The lowest BCUT2D eigenvalue weighted by Crippen LogP contribution is -2.29. The first kappa shape index (κ1) is 17.4. The van der Waals surface area contributed by atoms with Crippen LogP contribution in [-0.4, -0.2) is 24.7 Å². The van der Waals surface area contributed by atoms with Gasteiger partial charge in [0.25, 0.3) is 0 Å². The Morgan fingerprint density at radius 1 is 1.33 bits per heavy atom. The van der Waals surface area contributed by atoms with E-state index in [9.17, 15) is 9.18 Å². The Morgan fingerprint density at radius 2 is 2.05 bits per heavy atom. The van der Waals surface area contributed by atoms with Gasteiger partial charge in [0.15, 0.2) is 6.10 Å². The molecular formula is C16H24FNO3. The van der Waals surface area contributed by atoms with Gasteiger partial charge in [0, 0.05) is 18.2 Å². The van der Waals surface area contributed by atoms with Crippen molar-refractivity contribution >= 4 is 5.97 Å². The molecule has 0 heterocycles. The van der Waals surface area contributed by atoms with Crippen LogP contribution in [0.3, 0.4) is 0 Å². The van der Waals surface area contributed by atoms with Gasteiger partial charge in [-0.3, -0.25) is 0 Å². The molecule has 5 heteroatoms. The molecule has 0 spiro atoms. The lowest BCUT2D eigenvalue weighted by atomic mass is 10.1. The van der Waals surface area contributed by atoms with Gasteiger partial charge >= 0.3 is 5.97 Å². The van der Waals surface area contributed by atoms with Crippen molar-refractivity contribution in [3.63, 3.8) is 0 Å². The first-order valence-electron chi connectivity index (χ1n) is 7.33. The summed E-state index contributed by atoms with van der Waals surface area (Å²) in [6.45, 7) is 8.39. The zero-order chi connectivity index (χ0) is 15.8. The number of carbonyl (C=O) groups is 1. The Kier molecular flexibility index (Phi) is 7.15. The molecular weight excluding hydrogens is 273 g/mol. The van der Waals surface area contributed by atoms with Crippen LogP contribution in [0.1, 0.15) is 39.7 Å². The van der Waals surface area contributed by atoms with Crippen molar-refractivity contribution in [3.8, 4) is 5.75 Å². The number of esters is 1. The van der Waals surface area contributed by atoms with Crippen LogP contribution in [0.15, 0.2) is 18.2 Å². The summed E-state index contributed by atoms with van der Waals surface area (Å²) in [6.07, 6.45) is -0.180. The van der Waals surface area contributed by atoms with E-state index in [2.05, 4.69) is 5.32 Å². The molecule has 0 amide bonds. The Morgan fingerprint density at radius 3 is 2.62 bits per heavy atom. The second-order valence-electron chi connectivity index (χ2n) is 5.05. The lowest BCUT2D eigenvalue weighted by molar-refractivity contribution is -0.151. The zero-order valence-electron chi connectivity index (χ0n) is 13.1. The van der Waals surface area contributed by atoms with Crippen LogP contribution in [0.2, 0.25) is 0 Å². The molecule has 1 aromatic rings. The van der Waals surface area contributed by atoms with Gasteiger partial charge in [-0.25, -0.2) is 9.18 Å². The first-order valence-corrected chi connectivity index (χ1v) is 7.33. The Labute approximate surface area is 125 Å². The highest BCUT2D eigenvalue weighted by Crippen LogP contribution is 2.22. The van der Waals surface area contributed by atoms with Gasteiger partial charge in [-0.2, -0.15) is 0 Å². The van der Waals surface area contributed by atoms with E-state index in [0.29, 0.717) is 30.9 Å². The van der Waals surface area contributed by atoms with Gasteiger partial charge in [0.2, 0.25) is 0 Å². The SMILES string of the molecule is CCOC(=O)C(CC)Oc1ccc(F)cc1CNC(C)C. The van der Waals surface area contributed by atoms with Crippen LogP contribution in [-0.2, 0) is 16.1 Å². The number of hydrogen-bond acceptors (Lipinski definition) is 4. The third kappa shape index (κ3) is 5.71. The number of nitrogens with one attached hydrogen (secondary N) is 1. The molecule has 0 aliphatic carbocycles. The van der Waals surface area contributed by atoms with Crippen LogP contribution >= 0.6 is 0 Å². The molecule has 1 aromatic carbocycles. The van der Waals surface area contributed by atoms with Crippen LogP contribution in [0.4, 0.5) is 4.39 Å². The minimum absolute atomic E-state index is 0.271. The molecule has 0 aromatic heterocycles. The number of hydrogen-bond donors (Lipinski definition) is 1. The standard InChI is InChI=1S/C16H24FNO3/c1-5-14(16(19)20-6-2)21-15-8-7-13(17)9-12(15)10-18-11(3)4/h7-9,11,14,18H,5-6,10H2,1-4H3. The Balaban J connectivity index is 2.87. The van der Waals surface area contributed by atoms with Crippen LogP contribution in [0, 0.1) is 5.82 Å². The average Bonchev–Trinajstić information content (AvgIpc) is 2.44. The maximum atomic E-state index is 13.4. The third-order valence-corrected chi connectivity index (χ3v) is 2.91. The van der Waals surface area contributed by atoms with Crippen molar-refractivity contribution in [2.45, 2.75) is 52.8 Å². The Hall–Kier alpha value is -1.62. The van der Waals surface area contributed by atoms with Crippen molar-refractivity contribution in [1.82, 2.24) is 5.32 Å². The van der Waals surface area contributed by atoms with Gasteiger partial charge in [-0.05, 0) is 31.5 Å². The summed E-state index contributed by atoms with van der Waals surface area (Å²) in [4.78, 5) is 11.8. The minimum atomic E-state index is -0.673. The zero-order valence-corrected chi connectivity index (χ0v) is 13.1. The normalized spacial score (nSPS) is 12.3. The predicted molar refractivity (Wildman–Crippen MR) is 79.7 cm³/mol. The van der Waals surface area contributed by atoms with E-state index in [4.69, 9.17) is 9.47 Å². The molecule has 1 rings (SSSR count). The molecule has 0 aliphatic heterocycles. The number of carbonyl (C=O) groups excluding carboxylic acids is 1. The van der Waals surface area contributed by atoms with E-state index in [1.165, 1.54) is 12.1 Å². The van der Waals surface area contributed by atoms with Gasteiger partial charge < -0.3 is 14.8 Å². The number of rotatable bonds is 8. The van der Waals surface area contributed by atoms with Crippen LogP contribution < -0.4 is 10.1 Å². The molecule has 1 unspecified atom stereocenters. The summed E-state index contributed by atoms with van der Waals surface area (Å²) in [5.74, 6) is -0.219. The largest absolute Gasteiger partial charge is 0.478 e. The van der Waals surface area contributed by atoms with Gasteiger partial charge in [-0.1, -0.05) is 20.8 Å². The highest BCUT2D eigenvalue weighted by atomic mass is 19.1. The van der Waals surface area contributed by atoms with Crippen LogP contribution in [0.25, 0.3) is 0 Å². The van der Waals surface area contributed by atoms with E-state index in [1.54, 1.807) is 13.0 Å². The Bertz CT molecular complexity index is 463. The van der Waals surface area contributed by atoms with Crippen molar-refractivity contribution < 1.29 is 18.7 Å². The fraction of sp³-hybridized carbons (Fsp3) is 0.562. The van der Waals surface area contributed by atoms with E-state index in [0.717, 1.165) is 0 Å². The maximum absolute atomic E-state index is 13.4. The molecule has 0 bridgehead atoms. The predicted octanol–water partition coefficient (Wildman–Crippen LogP) is 3.04.